The third-order valence-electron chi connectivity index (χ3n) is 2.25. The predicted molar refractivity (Wildman–Crippen MR) is 70.3 cm³/mol. The van der Waals surface area contributed by atoms with E-state index in [0.717, 1.165) is 29.0 Å². The van der Waals surface area contributed by atoms with E-state index in [0.29, 0.717) is 0 Å². The Balaban J connectivity index is 2.08. The lowest BCUT2D eigenvalue weighted by Gasteiger charge is -2.05. The lowest BCUT2D eigenvalue weighted by Crippen LogP contribution is -2.01. The van der Waals surface area contributed by atoms with Crippen LogP contribution in [-0.4, -0.2) is 21.1 Å². The van der Waals surface area contributed by atoms with Crippen LogP contribution in [0.15, 0.2) is 40.8 Å². The molecule has 0 atom stereocenters. The molecule has 0 unspecified atom stereocenters. The van der Waals surface area contributed by atoms with E-state index in [2.05, 4.69) is 22.2 Å². The van der Waals surface area contributed by atoms with Crippen LogP contribution in [0.1, 0.15) is 13.3 Å². The molecule has 0 aliphatic carbocycles. The second-order valence-corrected chi connectivity index (χ2v) is 4.70. The van der Waals surface area contributed by atoms with Gasteiger partial charge < -0.3 is 9.88 Å². The summed E-state index contributed by atoms with van der Waals surface area (Å²) < 4.78 is 1.98. The average Bonchev–Trinajstić information content (AvgIpc) is 2.73. The maximum atomic E-state index is 4.52. The van der Waals surface area contributed by atoms with Gasteiger partial charge >= 0.3 is 0 Å². The first-order valence-electron chi connectivity index (χ1n) is 5.65. The van der Waals surface area contributed by atoms with Gasteiger partial charge in [-0.2, -0.15) is 0 Å². The number of hydrogen-bond acceptors (Lipinski definition) is 4. The van der Waals surface area contributed by atoms with E-state index in [1.54, 1.807) is 18.0 Å². The monoisotopic (exact) mass is 248 g/mol. The molecule has 0 spiro atoms. The van der Waals surface area contributed by atoms with Crippen molar-refractivity contribution in [1.29, 1.82) is 0 Å². The fourth-order valence-corrected chi connectivity index (χ4v) is 2.16. The third kappa shape index (κ3) is 3.23. The topological polar surface area (TPSA) is 42.7 Å². The highest BCUT2D eigenvalue weighted by Crippen LogP contribution is 2.24. The lowest BCUT2D eigenvalue weighted by atomic mass is 10.4. The molecule has 0 saturated heterocycles. The van der Waals surface area contributed by atoms with Crippen molar-refractivity contribution in [3.05, 3.63) is 30.6 Å². The van der Waals surface area contributed by atoms with E-state index in [4.69, 9.17) is 0 Å². The summed E-state index contributed by atoms with van der Waals surface area (Å²) in [4.78, 5) is 8.79. The highest BCUT2D eigenvalue weighted by molar-refractivity contribution is 7.99. The van der Waals surface area contributed by atoms with E-state index in [9.17, 15) is 0 Å². The summed E-state index contributed by atoms with van der Waals surface area (Å²) in [5.41, 5.74) is 0. The van der Waals surface area contributed by atoms with Gasteiger partial charge in [0.05, 0.1) is 0 Å². The predicted octanol–water partition coefficient (Wildman–Crippen LogP) is 2.79. The van der Waals surface area contributed by atoms with Crippen LogP contribution >= 0.6 is 11.8 Å². The van der Waals surface area contributed by atoms with Gasteiger partial charge in [0.15, 0.2) is 5.16 Å². The minimum atomic E-state index is 0.922. The Morgan fingerprint density at radius 3 is 3.00 bits per heavy atom. The summed E-state index contributed by atoms with van der Waals surface area (Å²) in [6, 6.07) is 5.99. The van der Waals surface area contributed by atoms with Crippen molar-refractivity contribution in [2.45, 2.75) is 23.5 Å². The van der Waals surface area contributed by atoms with Crippen molar-refractivity contribution in [3.63, 3.8) is 0 Å². The molecule has 17 heavy (non-hydrogen) atoms. The number of nitrogens with zero attached hydrogens (tertiary/aromatic N) is 3. The van der Waals surface area contributed by atoms with Gasteiger partial charge in [-0.15, -0.1) is 0 Å². The van der Waals surface area contributed by atoms with Crippen LogP contribution in [0.2, 0.25) is 0 Å². The van der Waals surface area contributed by atoms with Crippen molar-refractivity contribution in [2.75, 3.05) is 11.9 Å². The molecule has 90 valence electrons. The Morgan fingerprint density at radius 2 is 2.29 bits per heavy atom. The Bertz CT molecular complexity index is 481. The van der Waals surface area contributed by atoms with Crippen molar-refractivity contribution in [2.24, 2.45) is 7.05 Å². The number of nitrogens with one attached hydrogen (secondary N) is 1. The molecule has 0 aliphatic heterocycles. The fourth-order valence-electron chi connectivity index (χ4n) is 1.37. The molecule has 5 heteroatoms. The summed E-state index contributed by atoms with van der Waals surface area (Å²) in [5.74, 6) is 0.922. The van der Waals surface area contributed by atoms with Gasteiger partial charge in [-0.3, -0.25) is 0 Å². The normalized spacial score (nSPS) is 10.5. The highest BCUT2D eigenvalue weighted by atomic mass is 32.2. The van der Waals surface area contributed by atoms with E-state index in [-0.39, 0.29) is 0 Å². The van der Waals surface area contributed by atoms with Crippen LogP contribution in [0.25, 0.3) is 0 Å². The molecule has 0 bridgehead atoms. The van der Waals surface area contributed by atoms with Crippen molar-refractivity contribution in [1.82, 2.24) is 14.5 Å². The van der Waals surface area contributed by atoms with Crippen molar-refractivity contribution < 1.29 is 0 Å². The summed E-state index contributed by atoms with van der Waals surface area (Å²) in [5, 5.41) is 5.19. The zero-order valence-corrected chi connectivity index (χ0v) is 10.9. The smallest absolute Gasteiger partial charge is 0.174 e. The molecule has 2 rings (SSSR count). The number of pyridine rings is 1. The lowest BCUT2D eigenvalue weighted by molar-refractivity contribution is 0.788. The fraction of sp³-hybridized carbons (Fsp3) is 0.333. The van der Waals surface area contributed by atoms with Gasteiger partial charge in [-0.1, -0.05) is 13.0 Å². The second-order valence-electron chi connectivity index (χ2n) is 3.71. The number of rotatable bonds is 5. The zero-order chi connectivity index (χ0) is 12.1. The molecule has 4 nitrogen and oxygen atoms in total. The SMILES string of the molecule is CCCNc1cccc(Sc2nccn2C)n1. The third-order valence-corrected chi connectivity index (χ3v) is 3.26. The molecule has 2 aromatic heterocycles. The van der Waals surface area contributed by atoms with E-state index >= 15 is 0 Å². The van der Waals surface area contributed by atoms with Gasteiger partial charge in [0, 0.05) is 26.0 Å². The van der Waals surface area contributed by atoms with Gasteiger partial charge in [-0.05, 0) is 30.3 Å². The molecule has 2 heterocycles. The first kappa shape index (κ1) is 12.0. The maximum Gasteiger partial charge on any atom is 0.174 e. The summed E-state index contributed by atoms with van der Waals surface area (Å²) in [6.07, 6.45) is 4.82. The molecule has 0 aliphatic rings. The van der Waals surface area contributed by atoms with Crippen LogP contribution in [-0.2, 0) is 7.05 Å². The van der Waals surface area contributed by atoms with Gasteiger partial charge in [0.2, 0.25) is 0 Å². The Morgan fingerprint density at radius 1 is 1.41 bits per heavy atom. The zero-order valence-electron chi connectivity index (χ0n) is 10.1. The van der Waals surface area contributed by atoms with Gasteiger partial charge in [0.1, 0.15) is 10.8 Å². The minimum absolute atomic E-state index is 0.922. The van der Waals surface area contributed by atoms with Crippen LogP contribution in [0.3, 0.4) is 0 Å². The Labute approximate surface area is 105 Å². The quantitative estimate of drug-likeness (QED) is 0.883. The number of aryl methyl sites for hydroxylation is 1. The first-order chi connectivity index (χ1) is 8.29. The van der Waals surface area contributed by atoms with Crippen LogP contribution in [0, 0.1) is 0 Å². The second kappa shape index (κ2) is 5.72. The highest BCUT2D eigenvalue weighted by Gasteiger charge is 2.04. The maximum absolute atomic E-state index is 4.52. The minimum Gasteiger partial charge on any atom is -0.370 e. The van der Waals surface area contributed by atoms with Crippen LogP contribution in [0.5, 0.6) is 0 Å². The molecule has 0 aromatic carbocycles. The average molecular weight is 248 g/mol. The van der Waals surface area contributed by atoms with Crippen LogP contribution < -0.4 is 5.32 Å². The number of anilines is 1. The van der Waals surface area contributed by atoms with Crippen LogP contribution in [0.4, 0.5) is 5.82 Å². The van der Waals surface area contributed by atoms with E-state index in [1.807, 2.05) is 36.0 Å². The summed E-state index contributed by atoms with van der Waals surface area (Å²) in [7, 11) is 1.98. The number of aromatic nitrogens is 3. The Kier molecular flexibility index (Phi) is 4.03. The van der Waals surface area contributed by atoms with Gasteiger partial charge in [0.25, 0.3) is 0 Å². The Hall–Kier alpha value is -1.49. The number of imidazole rings is 1. The van der Waals surface area contributed by atoms with Gasteiger partial charge in [-0.25, -0.2) is 9.97 Å². The standard InChI is InChI=1S/C12H16N4S/c1-3-7-13-10-5-4-6-11(15-10)17-12-14-8-9-16(12)2/h4-6,8-9H,3,7H2,1-2H3,(H,13,15). The molecular weight excluding hydrogens is 232 g/mol. The molecule has 0 fully saturated rings. The molecule has 2 aromatic rings. The molecule has 0 amide bonds. The largest absolute Gasteiger partial charge is 0.370 e. The number of hydrogen-bond donors (Lipinski definition) is 1. The molecular formula is C12H16N4S. The first-order valence-corrected chi connectivity index (χ1v) is 6.47. The molecule has 0 radical (unpaired) electrons. The van der Waals surface area contributed by atoms with E-state index < -0.39 is 0 Å². The molecule has 1 N–H and O–H groups in total. The summed E-state index contributed by atoms with van der Waals surface area (Å²) in [6.45, 7) is 3.09. The van der Waals surface area contributed by atoms with E-state index in [1.165, 1.54) is 0 Å². The molecule has 0 saturated carbocycles. The van der Waals surface area contributed by atoms with Crippen molar-refractivity contribution >= 4 is 17.6 Å². The summed E-state index contributed by atoms with van der Waals surface area (Å²) >= 11 is 1.57. The van der Waals surface area contributed by atoms with Crippen molar-refractivity contribution in [3.8, 4) is 0 Å².